The molecule has 0 aromatic heterocycles. The summed E-state index contributed by atoms with van der Waals surface area (Å²) >= 11 is 0. The van der Waals surface area contributed by atoms with Gasteiger partial charge in [0.1, 0.15) is 0 Å². The van der Waals surface area contributed by atoms with Crippen LogP contribution in [0.15, 0.2) is 24.3 Å². The molecule has 1 amide bonds. The van der Waals surface area contributed by atoms with E-state index in [2.05, 4.69) is 36.5 Å². The lowest BCUT2D eigenvalue weighted by molar-refractivity contribution is -0.123. The van der Waals surface area contributed by atoms with Gasteiger partial charge in [0.2, 0.25) is 5.91 Å². The fraction of sp³-hybridized carbons (Fsp3) is 0.562. The summed E-state index contributed by atoms with van der Waals surface area (Å²) in [5.74, 6) is 0.477. The highest BCUT2D eigenvalue weighted by Crippen LogP contribution is 2.39. The minimum Gasteiger partial charge on any atom is -0.394 e. The van der Waals surface area contributed by atoms with Crippen LogP contribution in [0.4, 0.5) is 0 Å². The second-order valence-corrected chi connectivity index (χ2v) is 5.88. The summed E-state index contributed by atoms with van der Waals surface area (Å²) in [5.41, 5.74) is 1.98. The Hall–Kier alpha value is -1.35. The summed E-state index contributed by atoms with van der Waals surface area (Å²) in [5, 5.41) is 12.4. The summed E-state index contributed by atoms with van der Waals surface area (Å²) in [4.78, 5) is 12.0. The average molecular weight is 261 g/mol. The number of carbonyl (C=O) groups excluding carboxylic acids is 1. The van der Waals surface area contributed by atoms with E-state index in [4.69, 9.17) is 0 Å². The van der Waals surface area contributed by atoms with Crippen molar-refractivity contribution in [2.24, 2.45) is 5.92 Å². The van der Waals surface area contributed by atoms with Crippen molar-refractivity contribution in [1.82, 2.24) is 5.32 Å². The van der Waals surface area contributed by atoms with Crippen LogP contribution in [-0.4, -0.2) is 23.2 Å². The molecule has 1 aromatic carbocycles. The number of carbonyl (C=O) groups is 1. The molecule has 0 radical (unpaired) electrons. The van der Waals surface area contributed by atoms with Gasteiger partial charge in [-0.25, -0.2) is 0 Å². The summed E-state index contributed by atoms with van der Waals surface area (Å²) < 4.78 is 0. The molecule has 0 bridgehead atoms. The Kier molecular flexibility index (Phi) is 4.25. The van der Waals surface area contributed by atoms with Crippen molar-refractivity contribution in [2.45, 2.75) is 45.1 Å². The van der Waals surface area contributed by atoms with Crippen molar-refractivity contribution >= 4 is 5.91 Å². The van der Waals surface area contributed by atoms with Crippen LogP contribution in [0, 0.1) is 12.8 Å². The van der Waals surface area contributed by atoms with E-state index in [0.29, 0.717) is 12.3 Å². The molecular formula is C16H23NO2. The van der Waals surface area contributed by atoms with Crippen molar-refractivity contribution in [3.63, 3.8) is 0 Å². The van der Waals surface area contributed by atoms with Crippen LogP contribution in [0.2, 0.25) is 0 Å². The van der Waals surface area contributed by atoms with Crippen LogP contribution in [0.5, 0.6) is 0 Å². The quantitative estimate of drug-likeness (QED) is 0.825. The van der Waals surface area contributed by atoms with Crippen molar-refractivity contribution in [1.29, 1.82) is 0 Å². The van der Waals surface area contributed by atoms with Crippen LogP contribution in [0.1, 0.15) is 37.3 Å². The maximum Gasteiger partial charge on any atom is 0.220 e. The summed E-state index contributed by atoms with van der Waals surface area (Å²) in [6.45, 7) is 4.02. The van der Waals surface area contributed by atoms with Gasteiger partial charge in [-0.3, -0.25) is 4.79 Å². The third kappa shape index (κ3) is 3.80. The number of amides is 1. The Morgan fingerprint density at radius 3 is 2.53 bits per heavy atom. The Morgan fingerprint density at radius 2 is 2.00 bits per heavy atom. The molecule has 0 heterocycles. The number of hydrogen-bond acceptors (Lipinski definition) is 2. The third-order valence-electron chi connectivity index (χ3n) is 3.99. The number of nitrogens with one attached hydrogen (secondary N) is 1. The van der Waals surface area contributed by atoms with E-state index in [0.717, 1.165) is 19.3 Å². The van der Waals surface area contributed by atoms with Gasteiger partial charge in [-0.15, -0.1) is 0 Å². The van der Waals surface area contributed by atoms with Gasteiger partial charge in [0, 0.05) is 6.42 Å². The summed E-state index contributed by atoms with van der Waals surface area (Å²) in [6, 6.07) is 8.26. The van der Waals surface area contributed by atoms with E-state index in [1.54, 1.807) is 0 Å². The predicted octanol–water partition coefficient (Wildman–Crippen LogP) is 2.20. The topological polar surface area (TPSA) is 49.3 Å². The number of hydrogen-bond donors (Lipinski definition) is 2. The smallest absolute Gasteiger partial charge is 0.220 e. The van der Waals surface area contributed by atoms with Gasteiger partial charge in [-0.1, -0.05) is 29.8 Å². The lowest BCUT2D eigenvalue weighted by Crippen LogP contribution is -2.50. The van der Waals surface area contributed by atoms with E-state index < -0.39 is 5.54 Å². The van der Waals surface area contributed by atoms with E-state index in [-0.39, 0.29) is 12.5 Å². The molecule has 1 atom stereocenters. The first-order valence-corrected chi connectivity index (χ1v) is 7.01. The zero-order valence-electron chi connectivity index (χ0n) is 11.8. The molecule has 1 saturated carbocycles. The molecular weight excluding hydrogens is 238 g/mol. The largest absolute Gasteiger partial charge is 0.394 e. The van der Waals surface area contributed by atoms with Gasteiger partial charge < -0.3 is 10.4 Å². The molecule has 1 aliphatic rings. The number of aryl methyl sites for hydroxylation is 2. The lowest BCUT2D eigenvalue weighted by Gasteiger charge is -2.28. The Balaban J connectivity index is 1.82. The highest BCUT2D eigenvalue weighted by atomic mass is 16.3. The average Bonchev–Trinajstić information content (AvgIpc) is 3.22. The Labute approximate surface area is 115 Å². The summed E-state index contributed by atoms with van der Waals surface area (Å²) in [6.07, 6.45) is 3.44. The molecule has 2 N–H and O–H groups in total. The number of aliphatic hydroxyl groups is 1. The molecule has 3 heteroatoms. The van der Waals surface area contributed by atoms with E-state index >= 15 is 0 Å². The minimum atomic E-state index is -0.426. The van der Waals surface area contributed by atoms with E-state index in [9.17, 15) is 9.90 Å². The molecule has 2 rings (SSSR count). The van der Waals surface area contributed by atoms with Crippen LogP contribution in [-0.2, 0) is 11.2 Å². The van der Waals surface area contributed by atoms with Crippen molar-refractivity contribution < 1.29 is 9.90 Å². The van der Waals surface area contributed by atoms with Crippen LogP contribution >= 0.6 is 0 Å². The van der Waals surface area contributed by atoms with Crippen LogP contribution in [0.3, 0.4) is 0 Å². The molecule has 1 aromatic rings. The van der Waals surface area contributed by atoms with E-state index in [1.165, 1.54) is 11.1 Å². The Bertz CT molecular complexity index is 437. The first-order valence-electron chi connectivity index (χ1n) is 7.01. The first kappa shape index (κ1) is 14.1. The second kappa shape index (κ2) is 5.74. The molecule has 0 aliphatic heterocycles. The van der Waals surface area contributed by atoms with Gasteiger partial charge >= 0.3 is 0 Å². The van der Waals surface area contributed by atoms with Gasteiger partial charge in [-0.05, 0) is 44.6 Å². The van der Waals surface area contributed by atoms with Crippen LogP contribution < -0.4 is 5.32 Å². The SMILES string of the molecule is Cc1ccc(CCC(=O)NC(C)(CO)C2CC2)cc1. The lowest BCUT2D eigenvalue weighted by atomic mass is 9.96. The Morgan fingerprint density at radius 1 is 1.37 bits per heavy atom. The zero-order chi connectivity index (χ0) is 13.9. The molecule has 0 saturated heterocycles. The fourth-order valence-electron chi connectivity index (χ4n) is 2.38. The molecule has 3 nitrogen and oxygen atoms in total. The third-order valence-corrected chi connectivity index (χ3v) is 3.99. The van der Waals surface area contributed by atoms with Crippen LogP contribution in [0.25, 0.3) is 0 Å². The molecule has 1 aliphatic carbocycles. The molecule has 104 valence electrons. The van der Waals surface area contributed by atoms with Gasteiger partial charge in [0.15, 0.2) is 0 Å². The molecule has 1 fully saturated rings. The fourth-order valence-corrected chi connectivity index (χ4v) is 2.38. The highest BCUT2D eigenvalue weighted by Gasteiger charge is 2.41. The monoisotopic (exact) mass is 261 g/mol. The minimum absolute atomic E-state index is 0.0218. The van der Waals surface area contributed by atoms with Crippen molar-refractivity contribution in [2.75, 3.05) is 6.61 Å². The highest BCUT2D eigenvalue weighted by molar-refractivity contribution is 5.77. The standard InChI is InChI=1S/C16H23NO2/c1-12-3-5-13(6-4-12)7-10-15(19)17-16(2,11-18)14-8-9-14/h3-6,14,18H,7-11H2,1-2H3,(H,17,19). The first-order chi connectivity index (χ1) is 9.03. The van der Waals surface area contributed by atoms with Gasteiger partial charge in [-0.2, -0.15) is 0 Å². The maximum absolute atomic E-state index is 12.0. The normalized spacial score (nSPS) is 17.8. The van der Waals surface area contributed by atoms with E-state index in [1.807, 2.05) is 6.92 Å². The van der Waals surface area contributed by atoms with Gasteiger partial charge in [0.25, 0.3) is 0 Å². The molecule has 0 spiro atoms. The predicted molar refractivity (Wildman–Crippen MR) is 75.9 cm³/mol. The van der Waals surface area contributed by atoms with Crippen molar-refractivity contribution in [3.05, 3.63) is 35.4 Å². The van der Waals surface area contributed by atoms with Crippen molar-refractivity contribution in [3.8, 4) is 0 Å². The zero-order valence-corrected chi connectivity index (χ0v) is 11.8. The number of benzene rings is 1. The maximum atomic E-state index is 12.0. The second-order valence-electron chi connectivity index (χ2n) is 5.88. The number of aliphatic hydroxyl groups excluding tert-OH is 1. The molecule has 19 heavy (non-hydrogen) atoms. The summed E-state index contributed by atoms with van der Waals surface area (Å²) in [7, 11) is 0. The van der Waals surface area contributed by atoms with Gasteiger partial charge in [0.05, 0.1) is 12.1 Å². The number of rotatable bonds is 6. The molecule has 1 unspecified atom stereocenters.